The molecule has 0 bridgehead atoms. The van der Waals surface area contributed by atoms with Crippen molar-refractivity contribution in [3.63, 3.8) is 0 Å². The number of nitrogens with one attached hydrogen (secondary N) is 2. The van der Waals surface area contributed by atoms with Crippen molar-refractivity contribution in [3.05, 3.63) is 62.7 Å². The third kappa shape index (κ3) is 4.11. The van der Waals surface area contributed by atoms with Crippen LogP contribution < -0.4 is 10.8 Å². The molecule has 2 aromatic rings. The van der Waals surface area contributed by atoms with Crippen LogP contribution in [0.15, 0.2) is 40.0 Å². The van der Waals surface area contributed by atoms with Crippen molar-refractivity contribution in [2.75, 3.05) is 26.8 Å². The Morgan fingerprint density at radius 1 is 1.37 bits per heavy atom. The number of ether oxygens (including phenoxy) is 1. The van der Waals surface area contributed by atoms with Gasteiger partial charge in [0, 0.05) is 23.8 Å². The first-order chi connectivity index (χ1) is 16.7. The van der Waals surface area contributed by atoms with E-state index in [-0.39, 0.29) is 41.4 Å². The van der Waals surface area contributed by atoms with Gasteiger partial charge in [-0.3, -0.25) is 14.7 Å². The second-order valence-corrected chi connectivity index (χ2v) is 9.34. The largest absolute Gasteiger partial charge is 0.466 e. The molecule has 2 fully saturated rings. The molecular formula is C22H21F4N5O3S. The monoisotopic (exact) mass is 511 g/mol. The van der Waals surface area contributed by atoms with Crippen molar-refractivity contribution in [1.82, 2.24) is 20.7 Å². The number of aromatic nitrogens is 1. The van der Waals surface area contributed by atoms with Gasteiger partial charge in [-0.1, -0.05) is 6.07 Å². The van der Waals surface area contributed by atoms with E-state index in [1.807, 2.05) is 0 Å². The molecule has 0 amide bonds. The van der Waals surface area contributed by atoms with Crippen molar-refractivity contribution in [2.24, 2.45) is 4.99 Å². The van der Waals surface area contributed by atoms with Crippen LogP contribution in [0.5, 0.6) is 0 Å². The average molecular weight is 512 g/mol. The lowest BCUT2D eigenvalue weighted by Crippen LogP contribution is -2.43. The summed E-state index contributed by atoms with van der Waals surface area (Å²) in [7, 11) is 1.18. The molecule has 186 valence electrons. The maximum Gasteiger partial charge on any atom is 0.338 e. The maximum atomic E-state index is 14.6. The van der Waals surface area contributed by atoms with Crippen molar-refractivity contribution in [1.29, 1.82) is 0 Å². The quantitative estimate of drug-likeness (QED) is 0.471. The molecule has 3 aliphatic heterocycles. The highest BCUT2D eigenvalue weighted by Gasteiger charge is 2.57. The Bertz CT molecular complexity index is 1220. The van der Waals surface area contributed by atoms with E-state index >= 15 is 0 Å². The lowest BCUT2D eigenvalue weighted by molar-refractivity contribution is -0.136. The number of likely N-dealkylation sites (tertiary alicyclic amines) is 1. The number of aliphatic imine (C=N–C) groups is 1. The summed E-state index contributed by atoms with van der Waals surface area (Å²) in [5, 5.41) is 5.27. The number of thiazole rings is 1. The number of hydrogen-bond donors (Lipinski definition) is 2. The molecule has 35 heavy (non-hydrogen) atoms. The van der Waals surface area contributed by atoms with Crippen molar-refractivity contribution >= 4 is 23.1 Å². The van der Waals surface area contributed by atoms with Crippen LogP contribution in [0.1, 0.15) is 22.2 Å². The van der Waals surface area contributed by atoms with Crippen LogP contribution in [0.25, 0.3) is 0 Å². The van der Waals surface area contributed by atoms with E-state index < -0.39 is 48.2 Å². The van der Waals surface area contributed by atoms with Gasteiger partial charge < -0.3 is 10.1 Å². The lowest BCUT2D eigenvalue weighted by Gasteiger charge is -2.31. The van der Waals surface area contributed by atoms with E-state index in [2.05, 4.69) is 20.8 Å². The van der Waals surface area contributed by atoms with Crippen LogP contribution in [0.3, 0.4) is 0 Å². The highest BCUT2D eigenvalue weighted by atomic mass is 32.1. The van der Waals surface area contributed by atoms with E-state index in [4.69, 9.17) is 9.57 Å². The normalized spacial score (nSPS) is 25.9. The molecule has 5 rings (SSSR count). The molecular weight excluding hydrogens is 490 g/mol. The number of methoxy groups -OCH3 is 1. The minimum Gasteiger partial charge on any atom is -0.466 e. The zero-order chi connectivity index (χ0) is 24.9. The van der Waals surface area contributed by atoms with Crippen LogP contribution in [-0.2, 0) is 14.4 Å². The second-order valence-electron chi connectivity index (χ2n) is 8.44. The Balaban J connectivity index is 1.62. The Morgan fingerprint density at radius 2 is 2.17 bits per heavy atom. The zero-order valence-electron chi connectivity index (χ0n) is 18.6. The first-order valence-corrected chi connectivity index (χ1v) is 11.6. The first-order valence-electron chi connectivity index (χ1n) is 10.7. The van der Waals surface area contributed by atoms with Gasteiger partial charge in [-0.05, 0) is 24.1 Å². The number of alkyl halides is 2. The molecule has 3 aliphatic rings. The van der Waals surface area contributed by atoms with Gasteiger partial charge in [0.1, 0.15) is 12.1 Å². The van der Waals surface area contributed by atoms with Crippen LogP contribution >= 0.6 is 11.3 Å². The smallest absolute Gasteiger partial charge is 0.338 e. The molecule has 13 heteroatoms. The van der Waals surface area contributed by atoms with Crippen LogP contribution in [-0.4, -0.2) is 66.5 Å². The predicted molar refractivity (Wildman–Crippen MR) is 118 cm³/mol. The standard InChI is InChI=1S/C22H21F4N5O3S/c1-10-11(3-4-12(23)16(10)24)17-15(21(32)33-2)13(28-19(29-17)20-27-5-6-35-20)7-31-9-22(25,26)18-14(31)8-34-30-18/h3-6,14,17-18,30H,7-9H2,1-2H3,(H,28,29)/t14-,17-,18+/m0/s1. The maximum absolute atomic E-state index is 14.6. The highest BCUT2D eigenvalue weighted by molar-refractivity contribution is 7.11. The van der Waals surface area contributed by atoms with Crippen LogP contribution in [0, 0.1) is 18.6 Å². The topological polar surface area (TPSA) is 88.1 Å². The van der Waals surface area contributed by atoms with Crippen molar-refractivity contribution < 1.29 is 31.9 Å². The molecule has 2 saturated heterocycles. The second kappa shape index (κ2) is 8.97. The van der Waals surface area contributed by atoms with E-state index in [0.717, 1.165) is 6.07 Å². The SMILES string of the molecule is COC(=O)C1=C(CN2CC(F)(F)[C@@H]3NOC[C@@H]32)NC(c2nccs2)=N[C@H]1c1ccc(F)c(F)c1C. The zero-order valence-corrected chi connectivity index (χ0v) is 19.5. The summed E-state index contributed by atoms with van der Waals surface area (Å²) in [5.41, 5.74) is 2.87. The van der Waals surface area contributed by atoms with Crippen LogP contribution in [0.2, 0.25) is 0 Å². The van der Waals surface area contributed by atoms with Gasteiger partial charge in [-0.25, -0.2) is 27.3 Å². The van der Waals surface area contributed by atoms with Gasteiger partial charge in [0.05, 0.1) is 31.9 Å². The molecule has 0 unspecified atom stereocenters. The minimum atomic E-state index is -3.05. The molecule has 0 radical (unpaired) electrons. The summed E-state index contributed by atoms with van der Waals surface area (Å²) in [6, 6.07) is -0.597. The lowest BCUT2D eigenvalue weighted by atomic mass is 9.92. The van der Waals surface area contributed by atoms with E-state index in [9.17, 15) is 22.4 Å². The predicted octanol–water partition coefficient (Wildman–Crippen LogP) is 2.47. The summed E-state index contributed by atoms with van der Waals surface area (Å²) in [4.78, 5) is 28.4. The molecule has 0 spiro atoms. The number of benzene rings is 1. The number of nitrogens with zero attached hydrogens (tertiary/aromatic N) is 3. The van der Waals surface area contributed by atoms with E-state index in [1.54, 1.807) is 11.6 Å². The third-order valence-corrected chi connectivity index (χ3v) is 7.17. The molecule has 0 aliphatic carbocycles. The van der Waals surface area contributed by atoms with Crippen molar-refractivity contribution in [3.8, 4) is 0 Å². The fraction of sp³-hybridized carbons (Fsp3) is 0.409. The number of rotatable bonds is 5. The van der Waals surface area contributed by atoms with Gasteiger partial charge in [-0.15, -0.1) is 11.3 Å². The molecule has 4 heterocycles. The third-order valence-electron chi connectivity index (χ3n) is 6.39. The van der Waals surface area contributed by atoms with Gasteiger partial charge >= 0.3 is 5.97 Å². The summed E-state index contributed by atoms with van der Waals surface area (Å²) in [6.07, 6.45) is 1.56. The number of carbonyl (C=O) groups is 1. The molecule has 2 N–H and O–H groups in total. The molecule has 0 saturated carbocycles. The number of carbonyl (C=O) groups excluding carboxylic acids is 1. The summed E-state index contributed by atoms with van der Waals surface area (Å²) in [5.74, 6) is -5.64. The van der Waals surface area contributed by atoms with Crippen LogP contribution in [0.4, 0.5) is 17.6 Å². The fourth-order valence-electron chi connectivity index (χ4n) is 4.65. The van der Waals surface area contributed by atoms with Gasteiger partial charge in [0.25, 0.3) is 5.92 Å². The molecule has 1 aromatic heterocycles. The summed E-state index contributed by atoms with van der Waals surface area (Å²) < 4.78 is 62.5. The number of hydroxylamine groups is 1. The van der Waals surface area contributed by atoms with E-state index in [1.165, 1.54) is 36.3 Å². The minimum absolute atomic E-state index is 0.0144. The number of hydrogen-bond acceptors (Lipinski definition) is 9. The summed E-state index contributed by atoms with van der Waals surface area (Å²) in [6.45, 7) is 0.781. The highest BCUT2D eigenvalue weighted by Crippen LogP contribution is 2.39. The molecule has 3 atom stereocenters. The number of amidine groups is 1. The Labute approximate surface area is 201 Å². The summed E-state index contributed by atoms with van der Waals surface area (Å²) >= 11 is 1.27. The van der Waals surface area contributed by atoms with Gasteiger partial charge in [-0.2, -0.15) is 5.48 Å². The number of esters is 1. The first kappa shape index (κ1) is 23.9. The molecule has 8 nitrogen and oxygen atoms in total. The molecule has 1 aromatic carbocycles. The van der Waals surface area contributed by atoms with Gasteiger partial charge in [0.15, 0.2) is 22.5 Å². The fourth-order valence-corrected chi connectivity index (χ4v) is 5.24. The Hall–Kier alpha value is -2.87. The number of fused-ring (bicyclic) bond motifs is 1. The average Bonchev–Trinajstić information content (AvgIpc) is 3.57. The Morgan fingerprint density at radius 3 is 2.89 bits per heavy atom. The van der Waals surface area contributed by atoms with Gasteiger partial charge in [0.2, 0.25) is 0 Å². The Kier molecular flexibility index (Phi) is 6.11. The van der Waals surface area contributed by atoms with Crippen molar-refractivity contribution in [2.45, 2.75) is 31.0 Å². The number of halogens is 4. The van der Waals surface area contributed by atoms with E-state index in [0.29, 0.717) is 5.01 Å².